The number of aliphatic hydroxyl groups is 1. The van der Waals surface area contributed by atoms with Crippen molar-refractivity contribution in [3.63, 3.8) is 0 Å². The molecule has 0 spiro atoms. The highest BCUT2D eigenvalue weighted by molar-refractivity contribution is 8.76. The molecule has 0 heterocycles. The molecular formula is C20H42OS2. The van der Waals surface area contributed by atoms with Crippen molar-refractivity contribution in [1.82, 2.24) is 0 Å². The lowest BCUT2D eigenvalue weighted by Gasteiger charge is -2.04. The average Bonchev–Trinajstić information content (AvgIpc) is 2.53. The van der Waals surface area contributed by atoms with Gasteiger partial charge in [-0.3, -0.25) is 0 Å². The summed E-state index contributed by atoms with van der Waals surface area (Å²) in [6, 6.07) is 0. The van der Waals surface area contributed by atoms with Crippen LogP contribution >= 0.6 is 21.6 Å². The van der Waals surface area contributed by atoms with Gasteiger partial charge in [-0.15, -0.1) is 0 Å². The SMILES string of the molecule is CCCCCCCCCCCCCCCCCCSSC(C)O. The fourth-order valence-electron chi connectivity index (χ4n) is 2.86. The Balaban J connectivity index is 2.95. The van der Waals surface area contributed by atoms with E-state index in [0.29, 0.717) is 0 Å². The fraction of sp³-hybridized carbons (Fsp3) is 1.00. The molecule has 1 nitrogen and oxygen atoms in total. The van der Waals surface area contributed by atoms with Crippen LogP contribution < -0.4 is 0 Å². The van der Waals surface area contributed by atoms with Crippen molar-refractivity contribution >= 4 is 21.6 Å². The smallest absolute Gasteiger partial charge is 0.106 e. The zero-order valence-corrected chi connectivity index (χ0v) is 17.5. The predicted octanol–water partition coefficient (Wildman–Crippen LogP) is 7.97. The fourth-order valence-corrected chi connectivity index (χ4v) is 4.70. The minimum Gasteiger partial charge on any atom is -0.382 e. The lowest BCUT2D eigenvalue weighted by molar-refractivity contribution is 0.285. The second kappa shape index (κ2) is 20.7. The number of hydrogen-bond acceptors (Lipinski definition) is 3. The molecule has 140 valence electrons. The Morgan fingerprint density at radius 2 is 0.957 bits per heavy atom. The molecule has 1 N–H and O–H groups in total. The summed E-state index contributed by atoms with van der Waals surface area (Å²) < 4.78 is 0. The molecule has 0 aromatic rings. The first-order valence-corrected chi connectivity index (χ1v) is 12.6. The first kappa shape index (κ1) is 23.7. The summed E-state index contributed by atoms with van der Waals surface area (Å²) in [7, 11) is 3.41. The molecule has 0 aliphatic heterocycles. The van der Waals surface area contributed by atoms with Crippen molar-refractivity contribution in [1.29, 1.82) is 0 Å². The third-order valence-electron chi connectivity index (χ3n) is 4.29. The highest BCUT2D eigenvalue weighted by Crippen LogP contribution is 2.26. The van der Waals surface area contributed by atoms with Gasteiger partial charge in [0.2, 0.25) is 0 Å². The van der Waals surface area contributed by atoms with Crippen molar-refractivity contribution in [3.8, 4) is 0 Å². The predicted molar refractivity (Wildman–Crippen MR) is 111 cm³/mol. The molecule has 0 saturated carbocycles. The topological polar surface area (TPSA) is 20.2 Å². The van der Waals surface area contributed by atoms with Gasteiger partial charge in [-0.1, -0.05) is 125 Å². The van der Waals surface area contributed by atoms with Crippen LogP contribution in [0, 0.1) is 0 Å². The minimum absolute atomic E-state index is 0.221. The van der Waals surface area contributed by atoms with Gasteiger partial charge in [0.05, 0.1) is 0 Å². The van der Waals surface area contributed by atoms with E-state index in [0.717, 1.165) is 0 Å². The Morgan fingerprint density at radius 1 is 0.609 bits per heavy atom. The van der Waals surface area contributed by atoms with Gasteiger partial charge in [0.15, 0.2) is 0 Å². The van der Waals surface area contributed by atoms with Gasteiger partial charge < -0.3 is 5.11 Å². The molecule has 0 fully saturated rings. The van der Waals surface area contributed by atoms with Gasteiger partial charge in [0.1, 0.15) is 5.44 Å². The van der Waals surface area contributed by atoms with E-state index in [-0.39, 0.29) is 5.44 Å². The van der Waals surface area contributed by atoms with Gasteiger partial charge in [-0.05, 0) is 13.3 Å². The first-order valence-electron chi connectivity index (χ1n) is 10.2. The van der Waals surface area contributed by atoms with Gasteiger partial charge in [-0.2, -0.15) is 0 Å². The lowest BCUT2D eigenvalue weighted by Crippen LogP contribution is -1.88. The Hall–Kier alpha value is 0.660. The maximum absolute atomic E-state index is 9.13. The van der Waals surface area contributed by atoms with Gasteiger partial charge >= 0.3 is 0 Å². The summed E-state index contributed by atoms with van der Waals surface area (Å²) in [4.78, 5) is 0. The van der Waals surface area contributed by atoms with E-state index in [4.69, 9.17) is 5.11 Å². The molecule has 0 radical (unpaired) electrons. The standard InChI is InChI=1S/C20H42OS2/c1-3-4-5-6-7-8-9-10-11-12-13-14-15-16-17-18-19-22-23-20(2)21/h20-21H,3-19H2,1-2H3. The Kier molecular flexibility index (Phi) is 21.3. The third-order valence-corrected chi connectivity index (χ3v) is 6.90. The molecule has 0 aliphatic carbocycles. The summed E-state index contributed by atoms with van der Waals surface area (Å²) in [5.41, 5.74) is -0.221. The minimum atomic E-state index is -0.221. The van der Waals surface area contributed by atoms with Crippen molar-refractivity contribution in [2.24, 2.45) is 0 Å². The second-order valence-electron chi connectivity index (χ2n) is 6.82. The molecule has 1 atom stereocenters. The van der Waals surface area contributed by atoms with Crippen molar-refractivity contribution in [3.05, 3.63) is 0 Å². The molecule has 0 rings (SSSR count). The van der Waals surface area contributed by atoms with Gasteiger partial charge in [-0.25, -0.2) is 0 Å². The molecule has 0 saturated heterocycles. The number of rotatable bonds is 19. The van der Waals surface area contributed by atoms with E-state index >= 15 is 0 Å². The largest absolute Gasteiger partial charge is 0.382 e. The number of aliphatic hydroxyl groups excluding tert-OH is 1. The summed E-state index contributed by atoms with van der Waals surface area (Å²) in [6.07, 6.45) is 22.9. The van der Waals surface area contributed by atoms with E-state index in [1.54, 1.807) is 10.8 Å². The first-order chi connectivity index (χ1) is 11.3. The van der Waals surface area contributed by atoms with E-state index in [2.05, 4.69) is 6.92 Å². The molecule has 23 heavy (non-hydrogen) atoms. The van der Waals surface area contributed by atoms with Crippen LogP contribution in [-0.2, 0) is 0 Å². The summed E-state index contributed by atoms with van der Waals surface area (Å²) >= 11 is 0. The van der Waals surface area contributed by atoms with Crippen LogP contribution in [0.25, 0.3) is 0 Å². The lowest BCUT2D eigenvalue weighted by atomic mass is 10.0. The average molecular weight is 363 g/mol. The van der Waals surface area contributed by atoms with E-state index in [1.165, 1.54) is 108 Å². The molecule has 1 unspecified atom stereocenters. The monoisotopic (exact) mass is 362 g/mol. The summed E-state index contributed by atoms with van der Waals surface area (Å²) in [5.74, 6) is 1.19. The molecule has 0 bridgehead atoms. The van der Waals surface area contributed by atoms with Crippen molar-refractivity contribution in [2.45, 2.75) is 122 Å². The third kappa shape index (κ3) is 22.7. The van der Waals surface area contributed by atoms with Crippen LogP contribution in [-0.4, -0.2) is 16.3 Å². The molecular weight excluding hydrogens is 320 g/mol. The normalized spacial score (nSPS) is 12.7. The van der Waals surface area contributed by atoms with Gasteiger partial charge in [0, 0.05) is 5.75 Å². The molecule has 0 aromatic carbocycles. The zero-order valence-electron chi connectivity index (χ0n) is 15.9. The van der Waals surface area contributed by atoms with E-state index in [1.807, 2.05) is 17.7 Å². The Morgan fingerprint density at radius 3 is 1.30 bits per heavy atom. The van der Waals surface area contributed by atoms with Crippen LogP contribution in [0.2, 0.25) is 0 Å². The molecule has 0 aliphatic rings. The molecule has 0 amide bonds. The van der Waals surface area contributed by atoms with Crippen molar-refractivity contribution in [2.75, 3.05) is 5.75 Å². The molecule has 0 aromatic heterocycles. The van der Waals surface area contributed by atoms with Crippen LogP contribution in [0.1, 0.15) is 117 Å². The van der Waals surface area contributed by atoms with Gasteiger partial charge in [0.25, 0.3) is 0 Å². The van der Waals surface area contributed by atoms with Crippen LogP contribution in [0.4, 0.5) is 0 Å². The Bertz CT molecular complexity index is 210. The highest BCUT2D eigenvalue weighted by atomic mass is 33.1. The quantitative estimate of drug-likeness (QED) is 0.143. The maximum atomic E-state index is 9.13. The number of hydrogen-bond donors (Lipinski definition) is 1. The number of unbranched alkanes of at least 4 members (excludes halogenated alkanes) is 15. The second-order valence-corrected chi connectivity index (χ2v) is 9.62. The summed E-state index contributed by atoms with van der Waals surface area (Å²) in [5, 5.41) is 9.13. The maximum Gasteiger partial charge on any atom is 0.106 e. The van der Waals surface area contributed by atoms with Crippen LogP contribution in [0.5, 0.6) is 0 Å². The highest BCUT2D eigenvalue weighted by Gasteiger charge is 1.97. The van der Waals surface area contributed by atoms with E-state index in [9.17, 15) is 0 Å². The Labute approximate surface area is 154 Å². The van der Waals surface area contributed by atoms with Crippen molar-refractivity contribution < 1.29 is 5.11 Å². The van der Waals surface area contributed by atoms with Crippen LogP contribution in [0.15, 0.2) is 0 Å². The zero-order chi connectivity index (χ0) is 17.0. The summed E-state index contributed by atoms with van der Waals surface area (Å²) in [6.45, 7) is 4.13. The van der Waals surface area contributed by atoms with Crippen LogP contribution in [0.3, 0.4) is 0 Å². The van der Waals surface area contributed by atoms with E-state index < -0.39 is 0 Å². The molecule has 3 heteroatoms.